The standard InChI is InChI=1S/C13H8Cl2N2S/c14-11-1-2-13(12(15)5-11)17-7-10(6-16)9-3-4-18-8-9/h1-5,7-8,17H/b10-7+. The molecule has 1 aromatic carbocycles. The van der Waals surface area contributed by atoms with E-state index in [9.17, 15) is 0 Å². The maximum Gasteiger partial charge on any atom is 0.101 e. The van der Waals surface area contributed by atoms with E-state index in [-0.39, 0.29) is 0 Å². The van der Waals surface area contributed by atoms with Gasteiger partial charge in [-0.2, -0.15) is 16.6 Å². The predicted molar refractivity (Wildman–Crippen MR) is 78.0 cm³/mol. The molecule has 1 heterocycles. The summed E-state index contributed by atoms with van der Waals surface area (Å²) in [5, 5.41) is 17.0. The minimum Gasteiger partial charge on any atom is -0.359 e. The summed E-state index contributed by atoms with van der Waals surface area (Å²) in [6.45, 7) is 0. The lowest BCUT2D eigenvalue weighted by Gasteiger charge is -2.04. The lowest BCUT2D eigenvalue weighted by Crippen LogP contribution is -1.91. The van der Waals surface area contributed by atoms with E-state index in [1.165, 1.54) is 0 Å². The zero-order chi connectivity index (χ0) is 13.0. The van der Waals surface area contributed by atoms with Gasteiger partial charge in [-0.1, -0.05) is 23.2 Å². The summed E-state index contributed by atoms with van der Waals surface area (Å²) in [5.74, 6) is 0. The molecule has 0 fully saturated rings. The van der Waals surface area contributed by atoms with E-state index in [0.29, 0.717) is 21.3 Å². The zero-order valence-corrected chi connectivity index (χ0v) is 11.5. The summed E-state index contributed by atoms with van der Waals surface area (Å²) in [6.07, 6.45) is 1.64. The van der Waals surface area contributed by atoms with Gasteiger partial charge in [0, 0.05) is 16.8 Å². The van der Waals surface area contributed by atoms with Crippen LogP contribution in [0.2, 0.25) is 10.0 Å². The fraction of sp³-hybridized carbons (Fsp3) is 0. The molecule has 0 unspecified atom stereocenters. The van der Waals surface area contributed by atoms with E-state index >= 15 is 0 Å². The van der Waals surface area contributed by atoms with Crippen LogP contribution in [0.5, 0.6) is 0 Å². The van der Waals surface area contributed by atoms with Crippen LogP contribution < -0.4 is 5.32 Å². The van der Waals surface area contributed by atoms with Crippen molar-refractivity contribution in [2.24, 2.45) is 0 Å². The maximum atomic E-state index is 9.08. The number of nitriles is 1. The number of anilines is 1. The second kappa shape index (κ2) is 5.92. The summed E-state index contributed by atoms with van der Waals surface area (Å²) in [7, 11) is 0. The highest BCUT2D eigenvalue weighted by Gasteiger charge is 2.02. The largest absolute Gasteiger partial charge is 0.359 e. The highest BCUT2D eigenvalue weighted by Crippen LogP contribution is 2.26. The Hall–Kier alpha value is -1.47. The first kappa shape index (κ1) is 13.0. The van der Waals surface area contributed by atoms with Crippen LogP contribution in [-0.4, -0.2) is 0 Å². The molecule has 0 saturated heterocycles. The Morgan fingerprint density at radius 2 is 2.17 bits per heavy atom. The fourth-order valence-corrected chi connectivity index (χ4v) is 2.47. The molecule has 0 amide bonds. The first-order valence-electron chi connectivity index (χ1n) is 5.05. The molecule has 0 aliphatic rings. The van der Waals surface area contributed by atoms with Crippen molar-refractivity contribution >= 4 is 45.8 Å². The number of allylic oxidation sites excluding steroid dienone is 1. The molecular weight excluding hydrogens is 287 g/mol. The van der Waals surface area contributed by atoms with Crippen molar-refractivity contribution in [1.82, 2.24) is 0 Å². The summed E-state index contributed by atoms with van der Waals surface area (Å²) in [6, 6.07) is 9.19. The topological polar surface area (TPSA) is 35.8 Å². The van der Waals surface area contributed by atoms with Gasteiger partial charge in [0.2, 0.25) is 0 Å². The Balaban J connectivity index is 2.22. The lowest BCUT2D eigenvalue weighted by atomic mass is 10.2. The maximum absolute atomic E-state index is 9.08. The Morgan fingerprint density at radius 3 is 2.78 bits per heavy atom. The van der Waals surface area contributed by atoms with Crippen molar-refractivity contribution in [3.05, 3.63) is 56.8 Å². The smallest absolute Gasteiger partial charge is 0.101 e. The Kier molecular flexibility index (Phi) is 4.27. The van der Waals surface area contributed by atoms with Gasteiger partial charge >= 0.3 is 0 Å². The number of hydrogen-bond donors (Lipinski definition) is 1. The summed E-state index contributed by atoms with van der Waals surface area (Å²) < 4.78 is 0. The summed E-state index contributed by atoms with van der Waals surface area (Å²) in [5.41, 5.74) is 2.16. The first-order valence-corrected chi connectivity index (χ1v) is 6.75. The molecule has 0 atom stereocenters. The average molecular weight is 295 g/mol. The molecular formula is C13H8Cl2N2S. The van der Waals surface area contributed by atoms with Gasteiger partial charge in [0.25, 0.3) is 0 Å². The first-order chi connectivity index (χ1) is 8.70. The normalized spacial score (nSPS) is 11.1. The van der Waals surface area contributed by atoms with Gasteiger partial charge in [-0.15, -0.1) is 0 Å². The SMILES string of the molecule is N#C/C(=C\Nc1ccc(Cl)cc1Cl)c1ccsc1. The van der Waals surface area contributed by atoms with E-state index < -0.39 is 0 Å². The van der Waals surface area contributed by atoms with Crippen molar-refractivity contribution in [1.29, 1.82) is 5.26 Å². The van der Waals surface area contributed by atoms with Crippen molar-refractivity contribution in [2.45, 2.75) is 0 Å². The zero-order valence-electron chi connectivity index (χ0n) is 9.15. The van der Waals surface area contributed by atoms with Crippen LogP contribution in [0.4, 0.5) is 5.69 Å². The molecule has 1 N–H and O–H groups in total. The van der Waals surface area contributed by atoms with E-state index in [1.807, 2.05) is 16.8 Å². The monoisotopic (exact) mass is 294 g/mol. The van der Waals surface area contributed by atoms with Crippen molar-refractivity contribution in [3.63, 3.8) is 0 Å². The molecule has 2 nitrogen and oxygen atoms in total. The molecule has 2 rings (SSSR count). The summed E-state index contributed by atoms with van der Waals surface area (Å²) in [4.78, 5) is 0. The van der Waals surface area contributed by atoms with Gasteiger partial charge in [0.05, 0.1) is 16.3 Å². The molecule has 1 aromatic heterocycles. The van der Waals surface area contributed by atoms with Crippen LogP contribution in [0.25, 0.3) is 5.57 Å². The van der Waals surface area contributed by atoms with Crippen LogP contribution in [-0.2, 0) is 0 Å². The highest BCUT2D eigenvalue weighted by molar-refractivity contribution is 7.08. The molecule has 90 valence electrons. The van der Waals surface area contributed by atoms with E-state index in [2.05, 4.69) is 11.4 Å². The number of benzene rings is 1. The van der Waals surface area contributed by atoms with Crippen molar-refractivity contribution < 1.29 is 0 Å². The van der Waals surface area contributed by atoms with Gasteiger partial charge < -0.3 is 5.32 Å². The molecule has 0 spiro atoms. The minimum absolute atomic E-state index is 0.515. The van der Waals surface area contributed by atoms with E-state index in [1.54, 1.807) is 35.7 Å². The van der Waals surface area contributed by atoms with Gasteiger partial charge in [0.1, 0.15) is 6.07 Å². The number of rotatable bonds is 3. The van der Waals surface area contributed by atoms with Gasteiger partial charge in [-0.3, -0.25) is 0 Å². The van der Waals surface area contributed by atoms with Crippen LogP contribution in [0.15, 0.2) is 41.2 Å². The molecule has 0 bridgehead atoms. The van der Waals surface area contributed by atoms with Crippen molar-refractivity contribution in [3.8, 4) is 6.07 Å². The molecule has 0 aliphatic heterocycles. The van der Waals surface area contributed by atoms with Gasteiger partial charge in [-0.05, 0) is 35.0 Å². The summed E-state index contributed by atoms with van der Waals surface area (Å²) >= 11 is 13.4. The Labute approximate surface area is 119 Å². The van der Waals surface area contributed by atoms with Crippen LogP contribution >= 0.6 is 34.5 Å². The van der Waals surface area contributed by atoms with Crippen LogP contribution in [0.1, 0.15) is 5.56 Å². The average Bonchev–Trinajstić information content (AvgIpc) is 2.86. The third-order valence-corrected chi connectivity index (χ3v) is 3.49. The number of nitrogens with zero attached hydrogens (tertiary/aromatic N) is 1. The second-order valence-electron chi connectivity index (χ2n) is 3.45. The molecule has 0 radical (unpaired) electrons. The van der Waals surface area contributed by atoms with Crippen LogP contribution in [0, 0.1) is 11.3 Å². The highest BCUT2D eigenvalue weighted by atomic mass is 35.5. The van der Waals surface area contributed by atoms with Crippen molar-refractivity contribution in [2.75, 3.05) is 5.32 Å². The number of hydrogen-bond acceptors (Lipinski definition) is 3. The molecule has 0 saturated carbocycles. The molecule has 5 heteroatoms. The quantitative estimate of drug-likeness (QED) is 0.806. The predicted octanol–water partition coefficient (Wildman–Crippen LogP) is 5.03. The molecule has 0 aliphatic carbocycles. The molecule has 18 heavy (non-hydrogen) atoms. The Bertz CT molecular complexity index is 612. The van der Waals surface area contributed by atoms with E-state index in [4.69, 9.17) is 28.5 Å². The Morgan fingerprint density at radius 1 is 1.33 bits per heavy atom. The number of thiophene rings is 1. The molecule has 2 aromatic rings. The third kappa shape index (κ3) is 3.05. The number of nitrogens with one attached hydrogen (secondary N) is 1. The van der Waals surface area contributed by atoms with E-state index in [0.717, 1.165) is 5.56 Å². The van der Waals surface area contributed by atoms with Gasteiger partial charge in [-0.25, -0.2) is 0 Å². The minimum atomic E-state index is 0.515. The second-order valence-corrected chi connectivity index (χ2v) is 5.07. The van der Waals surface area contributed by atoms with Gasteiger partial charge in [0.15, 0.2) is 0 Å². The number of halogens is 2. The lowest BCUT2D eigenvalue weighted by molar-refractivity contribution is 1.52. The van der Waals surface area contributed by atoms with Crippen LogP contribution in [0.3, 0.4) is 0 Å². The fourth-order valence-electron chi connectivity index (χ4n) is 1.35. The third-order valence-electron chi connectivity index (χ3n) is 2.26.